The number of hydrogen-bond acceptors (Lipinski definition) is 0. The van der Waals surface area contributed by atoms with Crippen LogP contribution in [0.25, 0.3) is 22.3 Å². The fourth-order valence-corrected chi connectivity index (χ4v) is 8.81. The maximum atomic E-state index is 15.6. The molecule has 0 heterocycles. The molecule has 3 aromatic rings. The van der Waals surface area contributed by atoms with Gasteiger partial charge in [0.15, 0.2) is 23.3 Å². The van der Waals surface area contributed by atoms with Crippen molar-refractivity contribution in [3.05, 3.63) is 95.1 Å². The molecule has 2 fully saturated rings. The van der Waals surface area contributed by atoms with E-state index in [4.69, 9.17) is 0 Å². The number of allylic oxidation sites excluding steroid dienone is 2. The molecule has 0 aromatic heterocycles. The average molecular weight is 689 g/mol. The predicted molar refractivity (Wildman–Crippen MR) is 202 cm³/mol. The summed E-state index contributed by atoms with van der Waals surface area (Å²) in [4.78, 5) is 0. The first-order chi connectivity index (χ1) is 24.4. The first kappa shape index (κ1) is 38.4. The maximum Gasteiger partial charge on any atom is 0.166 e. The normalized spacial score (nSPS) is 21.2. The smallest absolute Gasteiger partial charge is 0.166 e. The Balaban J connectivity index is 1.10. The van der Waals surface area contributed by atoms with E-state index < -0.39 is 23.3 Å². The minimum absolute atomic E-state index is 0.0541. The Morgan fingerprint density at radius 3 is 1.66 bits per heavy atom. The van der Waals surface area contributed by atoms with Gasteiger partial charge in [0.2, 0.25) is 0 Å². The number of unbranched alkanes of at least 4 members (excludes halogenated alkanes) is 8. The summed E-state index contributed by atoms with van der Waals surface area (Å²) in [5, 5.41) is 0. The van der Waals surface area contributed by atoms with Gasteiger partial charge in [-0.2, -0.15) is 0 Å². The van der Waals surface area contributed by atoms with E-state index in [1.807, 2.05) is 12.2 Å². The highest BCUT2D eigenvalue weighted by molar-refractivity contribution is 5.71. The number of hydrogen-bond donors (Lipinski definition) is 0. The zero-order valence-electron chi connectivity index (χ0n) is 30.7. The quantitative estimate of drug-likeness (QED) is 0.0752. The van der Waals surface area contributed by atoms with E-state index in [-0.39, 0.29) is 17.0 Å². The Kier molecular flexibility index (Phi) is 15.1. The first-order valence-corrected chi connectivity index (χ1v) is 20.1. The fraction of sp³-hybridized carbons (Fsp3) is 0.565. The van der Waals surface area contributed by atoms with Crippen molar-refractivity contribution in [1.29, 1.82) is 0 Å². The van der Waals surface area contributed by atoms with Crippen molar-refractivity contribution in [3.63, 3.8) is 0 Å². The topological polar surface area (TPSA) is 0 Å². The van der Waals surface area contributed by atoms with Gasteiger partial charge in [-0.3, -0.25) is 0 Å². The monoisotopic (exact) mass is 688 g/mol. The Hall–Kier alpha value is -2.88. The molecule has 272 valence electrons. The van der Waals surface area contributed by atoms with Crippen LogP contribution in [0.4, 0.5) is 17.6 Å². The highest BCUT2D eigenvalue weighted by Gasteiger charge is 2.32. The molecule has 2 saturated carbocycles. The molecule has 3 aromatic carbocycles. The van der Waals surface area contributed by atoms with E-state index in [1.54, 1.807) is 48.5 Å². The van der Waals surface area contributed by atoms with Crippen LogP contribution < -0.4 is 0 Å². The molecule has 0 saturated heterocycles. The second-order valence-electron chi connectivity index (χ2n) is 15.4. The largest absolute Gasteiger partial charge is 0.203 e. The van der Waals surface area contributed by atoms with Crippen LogP contribution in [0.3, 0.4) is 0 Å². The SMILES string of the molecule is CCC/C=C\Cc1ccc(-c2ccc(-c3ccc(C4CCC(C5CCC(CCCCCCCCCC)CC5)CC4)c(F)c3F)cc2)c(F)c1F. The van der Waals surface area contributed by atoms with Crippen molar-refractivity contribution in [3.8, 4) is 22.3 Å². The minimum Gasteiger partial charge on any atom is -0.203 e. The van der Waals surface area contributed by atoms with E-state index in [2.05, 4.69) is 13.8 Å². The standard InChI is InChI=1S/C46H60F4/c1-3-5-7-9-10-11-12-13-15-33-17-19-34(20-18-33)35-21-23-36(24-22-35)41-31-32-42(46(50)45(41)49)38-27-25-37(26-28-38)40-30-29-39(43(47)44(40)48)16-14-8-6-4-2/h8,14,25-36H,3-7,9-13,15-24H2,1-2H3/b14-8-. The van der Waals surface area contributed by atoms with Crippen LogP contribution in [0.1, 0.15) is 153 Å². The molecule has 0 aliphatic heterocycles. The summed E-state index contributed by atoms with van der Waals surface area (Å²) in [6.45, 7) is 4.34. The Morgan fingerprint density at radius 2 is 1.06 bits per heavy atom. The van der Waals surface area contributed by atoms with Crippen LogP contribution in [-0.2, 0) is 6.42 Å². The van der Waals surface area contributed by atoms with Gasteiger partial charge in [0, 0.05) is 11.1 Å². The van der Waals surface area contributed by atoms with E-state index in [9.17, 15) is 4.39 Å². The molecule has 5 rings (SSSR count). The summed E-state index contributed by atoms with van der Waals surface area (Å²) in [6, 6.07) is 13.2. The molecule has 0 radical (unpaired) electrons. The third kappa shape index (κ3) is 10.1. The molecule has 2 aliphatic rings. The molecular formula is C46H60F4. The lowest BCUT2D eigenvalue weighted by Crippen LogP contribution is -2.25. The summed E-state index contributed by atoms with van der Waals surface area (Å²) in [7, 11) is 0. The third-order valence-electron chi connectivity index (χ3n) is 12.0. The van der Waals surface area contributed by atoms with E-state index in [1.165, 1.54) is 83.5 Å². The molecule has 4 heteroatoms. The second-order valence-corrected chi connectivity index (χ2v) is 15.4. The van der Waals surface area contributed by atoms with E-state index in [0.717, 1.165) is 56.3 Å². The summed E-state index contributed by atoms with van der Waals surface area (Å²) >= 11 is 0. The van der Waals surface area contributed by atoms with Gasteiger partial charge in [-0.15, -0.1) is 0 Å². The second kappa shape index (κ2) is 19.7. The van der Waals surface area contributed by atoms with Crippen molar-refractivity contribution in [2.75, 3.05) is 0 Å². The highest BCUT2D eigenvalue weighted by atomic mass is 19.2. The lowest BCUT2D eigenvalue weighted by molar-refractivity contribution is 0.155. The number of halogens is 4. The van der Waals surface area contributed by atoms with E-state index >= 15 is 13.2 Å². The van der Waals surface area contributed by atoms with Gasteiger partial charge >= 0.3 is 0 Å². The predicted octanol–water partition coefficient (Wildman–Crippen LogP) is 15.1. The van der Waals surface area contributed by atoms with Crippen molar-refractivity contribution in [2.45, 2.75) is 148 Å². The third-order valence-corrected chi connectivity index (χ3v) is 12.0. The van der Waals surface area contributed by atoms with Gasteiger partial charge in [0.05, 0.1) is 0 Å². The number of rotatable bonds is 17. The van der Waals surface area contributed by atoms with Crippen molar-refractivity contribution >= 4 is 0 Å². The molecule has 0 N–H and O–H groups in total. The Morgan fingerprint density at radius 1 is 0.520 bits per heavy atom. The van der Waals surface area contributed by atoms with Crippen LogP contribution in [0.5, 0.6) is 0 Å². The first-order valence-electron chi connectivity index (χ1n) is 20.1. The molecular weight excluding hydrogens is 628 g/mol. The molecule has 0 amide bonds. The summed E-state index contributed by atoms with van der Waals surface area (Å²) in [5.41, 5.74) is 2.16. The molecule has 0 unspecified atom stereocenters. The van der Waals surface area contributed by atoms with Gasteiger partial charge in [0.25, 0.3) is 0 Å². The van der Waals surface area contributed by atoms with Crippen LogP contribution in [-0.4, -0.2) is 0 Å². The molecule has 50 heavy (non-hydrogen) atoms. The van der Waals surface area contributed by atoms with Crippen molar-refractivity contribution < 1.29 is 17.6 Å². The van der Waals surface area contributed by atoms with E-state index in [0.29, 0.717) is 28.7 Å². The fourth-order valence-electron chi connectivity index (χ4n) is 8.81. The molecule has 0 bridgehead atoms. The van der Waals surface area contributed by atoms with Crippen molar-refractivity contribution in [1.82, 2.24) is 0 Å². The zero-order valence-corrected chi connectivity index (χ0v) is 30.7. The van der Waals surface area contributed by atoms with Gasteiger partial charge in [0.1, 0.15) is 0 Å². The van der Waals surface area contributed by atoms with Gasteiger partial charge in [-0.1, -0.05) is 152 Å². The zero-order chi connectivity index (χ0) is 35.3. The maximum absolute atomic E-state index is 15.6. The molecule has 0 atom stereocenters. The lowest BCUT2D eigenvalue weighted by atomic mass is 9.68. The van der Waals surface area contributed by atoms with Crippen molar-refractivity contribution in [2.24, 2.45) is 17.8 Å². The summed E-state index contributed by atoms with van der Waals surface area (Å²) in [5.74, 6) is -0.824. The lowest BCUT2D eigenvalue weighted by Gasteiger charge is -2.38. The summed E-state index contributed by atoms with van der Waals surface area (Å²) < 4.78 is 61.0. The van der Waals surface area contributed by atoms with Crippen LogP contribution >= 0.6 is 0 Å². The Labute approximate surface area is 300 Å². The minimum atomic E-state index is -0.891. The number of benzene rings is 3. The molecule has 0 nitrogen and oxygen atoms in total. The summed E-state index contributed by atoms with van der Waals surface area (Å²) in [6.07, 6.45) is 28.1. The molecule has 2 aliphatic carbocycles. The van der Waals surface area contributed by atoms with Crippen LogP contribution in [0.2, 0.25) is 0 Å². The van der Waals surface area contributed by atoms with Gasteiger partial charge in [-0.05, 0) is 97.3 Å². The Bertz CT molecular complexity index is 1490. The average Bonchev–Trinajstić information content (AvgIpc) is 3.14. The highest BCUT2D eigenvalue weighted by Crippen LogP contribution is 2.45. The van der Waals surface area contributed by atoms with Crippen LogP contribution in [0.15, 0.2) is 60.7 Å². The van der Waals surface area contributed by atoms with Gasteiger partial charge < -0.3 is 0 Å². The van der Waals surface area contributed by atoms with Crippen LogP contribution in [0, 0.1) is 41.0 Å². The van der Waals surface area contributed by atoms with Gasteiger partial charge in [-0.25, -0.2) is 17.6 Å². The molecule has 0 spiro atoms.